The Bertz CT molecular complexity index is 786. The lowest BCUT2D eigenvalue weighted by atomic mass is 10.2. The van der Waals surface area contributed by atoms with Crippen molar-refractivity contribution >= 4 is 0 Å². The smallest absolute Gasteiger partial charge is 0.126 e. The van der Waals surface area contributed by atoms with Crippen LogP contribution in [0.1, 0.15) is 36.0 Å². The molecule has 3 aromatic rings. The third kappa shape index (κ3) is 2.70. The standard InChI is InChI=1S/C17H21N5O/c1-13-4-5-16(23-13)12-20-8-9-22-15(10-18-17(22)14(20)2)11-21-7-3-6-19-21/h3-7,10,14H,8-9,11-12H2,1-2H3/t14-/m0/s1. The monoisotopic (exact) mass is 311 g/mol. The summed E-state index contributed by atoms with van der Waals surface area (Å²) in [7, 11) is 0. The maximum atomic E-state index is 5.72. The molecular weight excluding hydrogens is 290 g/mol. The lowest BCUT2D eigenvalue weighted by Crippen LogP contribution is -2.37. The van der Waals surface area contributed by atoms with E-state index in [4.69, 9.17) is 4.42 Å². The summed E-state index contributed by atoms with van der Waals surface area (Å²) in [5.74, 6) is 3.11. The Morgan fingerprint density at radius 3 is 2.91 bits per heavy atom. The lowest BCUT2D eigenvalue weighted by Gasteiger charge is -2.33. The summed E-state index contributed by atoms with van der Waals surface area (Å²) in [6.45, 7) is 7.75. The van der Waals surface area contributed by atoms with Gasteiger partial charge < -0.3 is 8.98 Å². The third-order valence-corrected chi connectivity index (χ3v) is 4.54. The zero-order chi connectivity index (χ0) is 15.8. The van der Waals surface area contributed by atoms with Crippen molar-refractivity contribution in [1.82, 2.24) is 24.2 Å². The second-order valence-electron chi connectivity index (χ2n) is 6.12. The van der Waals surface area contributed by atoms with Crippen molar-refractivity contribution in [3.63, 3.8) is 0 Å². The van der Waals surface area contributed by atoms with E-state index in [1.807, 2.05) is 42.3 Å². The van der Waals surface area contributed by atoms with Gasteiger partial charge in [-0.25, -0.2) is 4.98 Å². The van der Waals surface area contributed by atoms with Crippen LogP contribution in [0.5, 0.6) is 0 Å². The fourth-order valence-electron chi connectivity index (χ4n) is 3.28. The van der Waals surface area contributed by atoms with E-state index < -0.39 is 0 Å². The van der Waals surface area contributed by atoms with Gasteiger partial charge in [-0.2, -0.15) is 5.10 Å². The van der Waals surface area contributed by atoms with Gasteiger partial charge >= 0.3 is 0 Å². The first-order valence-corrected chi connectivity index (χ1v) is 8.02. The molecule has 0 unspecified atom stereocenters. The van der Waals surface area contributed by atoms with Crippen molar-refractivity contribution in [1.29, 1.82) is 0 Å². The van der Waals surface area contributed by atoms with Crippen LogP contribution in [0.3, 0.4) is 0 Å². The van der Waals surface area contributed by atoms with Gasteiger partial charge in [0.25, 0.3) is 0 Å². The zero-order valence-corrected chi connectivity index (χ0v) is 13.5. The van der Waals surface area contributed by atoms with Crippen LogP contribution in [0.2, 0.25) is 0 Å². The number of fused-ring (bicyclic) bond motifs is 1. The average Bonchev–Trinajstić information content (AvgIpc) is 3.25. The number of aromatic nitrogens is 4. The molecule has 0 saturated heterocycles. The molecule has 0 amide bonds. The second kappa shape index (κ2) is 5.70. The van der Waals surface area contributed by atoms with E-state index in [0.717, 1.165) is 43.5 Å². The summed E-state index contributed by atoms with van der Waals surface area (Å²) in [6.07, 6.45) is 5.77. The molecule has 1 aliphatic rings. The zero-order valence-electron chi connectivity index (χ0n) is 13.5. The van der Waals surface area contributed by atoms with Crippen molar-refractivity contribution < 1.29 is 4.42 Å². The number of hydrogen-bond donors (Lipinski definition) is 0. The van der Waals surface area contributed by atoms with Gasteiger partial charge in [-0.3, -0.25) is 9.58 Å². The highest BCUT2D eigenvalue weighted by Gasteiger charge is 2.27. The van der Waals surface area contributed by atoms with E-state index >= 15 is 0 Å². The van der Waals surface area contributed by atoms with E-state index in [0.29, 0.717) is 0 Å². The van der Waals surface area contributed by atoms with E-state index in [9.17, 15) is 0 Å². The van der Waals surface area contributed by atoms with Crippen LogP contribution in [0.4, 0.5) is 0 Å². The second-order valence-corrected chi connectivity index (χ2v) is 6.12. The van der Waals surface area contributed by atoms with Crippen molar-refractivity contribution in [2.75, 3.05) is 6.54 Å². The molecule has 0 fully saturated rings. The number of imidazole rings is 1. The van der Waals surface area contributed by atoms with E-state index in [2.05, 4.69) is 32.5 Å². The molecule has 0 radical (unpaired) electrons. The summed E-state index contributed by atoms with van der Waals surface area (Å²) in [5.41, 5.74) is 1.21. The molecule has 1 atom stereocenters. The Morgan fingerprint density at radius 2 is 2.17 bits per heavy atom. The fourth-order valence-corrected chi connectivity index (χ4v) is 3.28. The quantitative estimate of drug-likeness (QED) is 0.743. The minimum Gasteiger partial charge on any atom is -0.465 e. The van der Waals surface area contributed by atoms with Gasteiger partial charge in [0, 0.05) is 25.5 Å². The van der Waals surface area contributed by atoms with Crippen LogP contribution in [0, 0.1) is 6.92 Å². The molecule has 0 aliphatic carbocycles. The summed E-state index contributed by atoms with van der Waals surface area (Å²) in [6, 6.07) is 6.31. The SMILES string of the molecule is Cc1ccc(CN2CCn3c(Cn4cccn4)cnc3[C@@H]2C)o1. The Labute approximate surface area is 135 Å². The maximum absolute atomic E-state index is 5.72. The molecule has 0 saturated carbocycles. The highest BCUT2D eigenvalue weighted by atomic mass is 16.3. The first kappa shape index (κ1) is 14.3. The van der Waals surface area contributed by atoms with E-state index in [-0.39, 0.29) is 6.04 Å². The van der Waals surface area contributed by atoms with Gasteiger partial charge in [0.15, 0.2) is 0 Å². The first-order valence-electron chi connectivity index (χ1n) is 8.02. The molecule has 4 heterocycles. The number of rotatable bonds is 4. The third-order valence-electron chi connectivity index (χ3n) is 4.54. The van der Waals surface area contributed by atoms with Crippen LogP contribution >= 0.6 is 0 Å². The highest BCUT2D eigenvalue weighted by molar-refractivity contribution is 5.13. The van der Waals surface area contributed by atoms with Crippen LogP contribution in [0.25, 0.3) is 0 Å². The predicted octanol–water partition coefficient (Wildman–Crippen LogP) is 2.61. The van der Waals surface area contributed by atoms with Gasteiger partial charge in [-0.1, -0.05) is 0 Å². The Hall–Kier alpha value is -2.34. The normalized spacial score (nSPS) is 18.3. The maximum Gasteiger partial charge on any atom is 0.126 e. The van der Waals surface area contributed by atoms with Crippen molar-refractivity contribution in [3.8, 4) is 0 Å². The van der Waals surface area contributed by atoms with Crippen molar-refractivity contribution in [3.05, 3.63) is 59.8 Å². The number of nitrogens with zero attached hydrogens (tertiary/aromatic N) is 5. The molecule has 4 rings (SSSR count). The lowest BCUT2D eigenvalue weighted by molar-refractivity contribution is 0.143. The van der Waals surface area contributed by atoms with Crippen molar-refractivity contribution in [2.24, 2.45) is 0 Å². The fraction of sp³-hybridized carbons (Fsp3) is 0.412. The van der Waals surface area contributed by atoms with Crippen LogP contribution in [-0.4, -0.2) is 30.8 Å². The number of hydrogen-bond acceptors (Lipinski definition) is 4. The molecular formula is C17H21N5O. The van der Waals surface area contributed by atoms with Gasteiger partial charge in [0.2, 0.25) is 0 Å². The molecule has 120 valence electrons. The molecule has 3 aromatic heterocycles. The van der Waals surface area contributed by atoms with Gasteiger partial charge in [0.1, 0.15) is 17.3 Å². The molecule has 1 aliphatic heterocycles. The molecule has 0 aromatic carbocycles. The number of furan rings is 1. The molecule has 0 N–H and O–H groups in total. The largest absolute Gasteiger partial charge is 0.465 e. The molecule has 6 heteroatoms. The minimum atomic E-state index is 0.278. The van der Waals surface area contributed by atoms with Gasteiger partial charge in [-0.15, -0.1) is 0 Å². The van der Waals surface area contributed by atoms with Gasteiger partial charge in [0.05, 0.1) is 31.0 Å². The Balaban J connectivity index is 1.53. The van der Waals surface area contributed by atoms with E-state index in [1.54, 1.807) is 0 Å². The molecule has 6 nitrogen and oxygen atoms in total. The number of aryl methyl sites for hydroxylation is 1. The summed E-state index contributed by atoms with van der Waals surface area (Å²) >= 11 is 0. The molecule has 23 heavy (non-hydrogen) atoms. The Kier molecular flexibility index (Phi) is 3.53. The minimum absolute atomic E-state index is 0.278. The first-order chi connectivity index (χ1) is 11.2. The van der Waals surface area contributed by atoms with Crippen LogP contribution in [0.15, 0.2) is 41.2 Å². The predicted molar refractivity (Wildman–Crippen MR) is 85.8 cm³/mol. The molecule has 0 bridgehead atoms. The highest BCUT2D eigenvalue weighted by Crippen LogP contribution is 2.27. The van der Waals surface area contributed by atoms with Gasteiger partial charge in [-0.05, 0) is 32.0 Å². The summed E-state index contributed by atoms with van der Waals surface area (Å²) in [5, 5.41) is 4.28. The summed E-state index contributed by atoms with van der Waals surface area (Å²) in [4.78, 5) is 7.08. The Morgan fingerprint density at radius 1 is 1.26 bits per heavy atom. The average molecular weight is 311 g/mol. The van der Waals surface area contributed by atoms with E-state index in [1.165, 1.54) is 5.69 Å². The van der Waals surface area contributed by atoms with Crippen LogP contribution in [-0.2, 0) is 19.6 Å². The molecule has 0 spiro atoms. The summed E-state index contributed by atoms with van der Waals surface area (Å²) < 4.78 is 9.98. The van der Waals surface area contributed by atoms with Crippen molar-refractivity contribution in [2.45, 2.75) is 39.5 Å². The topological polar surface area (TPSA) is 52.0 Å². The van der Waals surface area contributed by atoms with Crippen LogP contribution < -0.4 is 0 Å².